The Kier molecular flexibility index (Phi) is 3.24. The van der Waals surface area contributed by atoms with E-state index in [1.165, 1.54) is 4.88 Å². The largest absolute Gasteiger partial charge is 0.369 e. The molecule has 1 fully saturated rings. The molecule has 0 aliphatic carbocycles. The van der Waals surface area contributed by atoms with E-state index >= 15 is 0 Å². The number of thiazole rings is 1. The van der Waals surface area contributed by atoms with Crippen LogP contribution in [0.5, 0.6) is 0 Å². The second kappa shape index (κ2) is 4.44. The lowest BCUT2D eigenvalue weighted by atomic mass is 10.4. The van der Waals surface area contributed by atoms with Gasteiger partial charge in [0.15, 0.2) is 0 Å². The second-order valence-corrected chi connectivity index (χ2v) is 5.25. The Bertz CT molecular complexity index is 268. The van der Waals surface area contributed by atoms with Gasteiger partial charge in [-0.2, -0.15) is 11.8 Å². The molecule has 1 aromatic rings. The van der Waals surface area contributed by atoms with E-state index in [0.29, 0.717) is 0 Å². The van der Waals surface area contributed by atoms with Gasteiger partial charge < -0.3 is 4.74 Å². The van der Waals surface area contributed by atoms with E-state index in [9.17, 15) is 0 Å². The van der Waals surface area contributed by atoms with E-state index < -0.39 is 0 Å². The first-order chi connectivity index (χ1) is 6.40. The summed E-state index contributed by atoms with van der Waals surface area (Å²) in [6.45, 7) is 3.03. The molecule has 1 saturated heterocycles. The van der Waals surface area contributed by atoms with Crippen LogP contribution in [-0.4, -0.2) is 23.1 Å². The molecule has 2 heterocycles. The minimum Gasteiger partial charge on any atom is -0.369 e. The first-order valence-corrected chi connectivity index (χ1v) is 6.51. The molecule has 0 amide bonds. The van der Waals surface area contributed by atoms with E-state index in [1.807, 2.05) is 18.0 Å². The third-order valence-electron chi connectivity index (χ3n) is 2.01. The third kappa shape index (κ3) is 2.24. The highest BCUT2D eigenvalue weighted by Gasteiger charge is 2.19. The van der Waals surface area contributed by atoms with Crippen LogP contribution in [-0.2, 0) is 11.2 Å². The fourth-order valence-electron chi connectivity index (χ4n) is 1.27. The predicted molar refractivity (Wildman–Crippen MR) is 57.5 cm³/mol. The Morgan fingerprint density at radius 1 is 1.69 bits per heavy atom. The lowest BCUT2D eigenvalue weighted by Gasteiger charge is -2.19. The average Bonchev–Trinajstić information content (AvgIpc) is 2.67. The molecular weight excluding hydrogens is 202 g/mol. The van der Waals surface area contributed by atoms with Gasteiger partial charge in [-0.05, 0) is 6.42 Å². The monoisotopic (exact) mass is 215 g/mol. The molecule has 72 valence electrons. The Morgan fingerprint density at radius 2 is 2.62 bits per heavy atom. The molecule has 0 radical (unpaired) electrons. The zero-order chi connectivity index (χ0) is 9.10. The molecule has 0 aromatic carbocycles. The molecule has 0 bridgehead atoms. The first-order valence-electron chi connectivity index (χ1n) is 4.54. The van der Waals surface area contributed by atoms with E-state index in [0.717, 1.165) is 29.5 Å². The summed E-state index contributed by atoms with van der Waals surface area (Å²) in [6.07, 6.45) is 3.31. The van der Waals surface area contributed by atoms with Crippen molar-refractivity contribution in [3.05, 3.63) is 16.1 Å². The number of hydrogen-bond donors (Lipinski definition) is 0. The molecule has 1 aromatic heterocycles. The summed E-state index contributed by atoms with van der Waals surface area (Å²) < 4.78 is 5.65. The maximum atomic E-state index is 5.65. The molecule has 13 heavy (non-hydrogen) atoms. The summed E-state index contributed by atoms with van der Waals surface area (Å²) in [4.78, 5) is 5.75. The van der Waals surface area contributed by atoms with E-state index in [2.05, 4.69) is 11.9 Å². The van der Waals surface area contributed by atoms with Crippen molar-refractivity contribution < 1.29 is 4.74 Å². The SMILES string of the molecule is CCc1cnc(C2CSCCO2)s1. The summed E-state index contributed by atoms with van der Waals surface area (Å²) in [5, 5.41) is 1.16. The number of aryl methyl sites for hydroxylation is 1. The molecule has 0 saturated carbocycles. The highest BCUT2D eigenvalue weighted by Crippen LogP contribution is 2.29. The number of thioether (sulfide) groups is 1. The summed E-state index contributed by atoms with van der Waals surface area (Å²) in [5.74, 6) is 2.19. The fraction of sp³-hybridized carbons (Fsp3) is 0.667. The van der Waals surface area contributed by atoms with Crippen LogP contribution >= 0.6 is 23.1 Å². The Hall–Kier alpha value is -0.0600. The second-order valence-electron chi connectivity index (χ2n) is 2.95. The molecule has 0 spiro atoms. The zero-order valence-corrected chi connectivity index (χ0v) is 9.29. The van der Waals surface area contributed by atoms with E-state index in [4.69, 9.17) is 4.74 Å². The third-order valence-corrected chi connectivity index (χ3v) is 4.24. The summed E-state index contributed by atoms with van der Waals surface area (Å²) in [6, 6.07) is 0. The highest BCUT2D eigenvalue weighted by molar-refractivity contribution is 7.99. The molecular formula is C9H13NOS2. The van der Waals surface area contributed by atoms with Crippen molar-refractivity contribution in [3.63, 3.8) is 0 Å². The van der Waals surface area contributed by atoms with Gasteiger partial charge in [0.1, 0.15) is 11.1 Å². The lowest BCUT2D eigenvalue weighted by Crippen LogP contribution is -2.15. The maximum Gasteiger partial charge on any atom is 0.123 e. The number of hydrogen-bond acceptors (Lipinski definition) is 4. The van der Waals surface area contributed by atoms with Gasteiger partial charge in [0.25, 0.3) is 0 Å². The van der Waals surface area contributed by atoms with Crippen molar-refractivity contribution in [1.82, 2.24) is 4.98 Å². The van der Waals surface area contributed by atoms with Crippen LogP contribution in [0.15, 0.2) is 6.20 Å². The maximum absolute atomic E-state index is 5.65. The van der Waals surface area contributed by atoms with Crippen LogP contribution in [0, 0.1) is 0 Å². The van der Waals surface area contributed by atoms with Crippen molar-refractivity contribution >= 4 is 23.1 Å². The fourth-order valence-corrected chi connectivity index (χ4v) is 3.13. The van der Waals surface area contributed by atoms with E-state index in [-0.39, 0.29) is 6.10 Å². The van der Waals surface area contributed by atoms with Gasteiger partial charge >= 0.3 is 0 Å². The molecule has 1 aliphatic heterocycles. The van der Waals surface area contributed by atoms with Gasteiger partial charge in [-0.15, -0.1) is 11.3 Å². The minimum atomic E-state index is 0.254. The number of nitrogens with zero attached hydrogens (tertiary/aromatic N) is 1. The first kappa shape index (κ1) is 9.49. The molecule has 2 rings (SSSR count). The predicted octanol–water partition coefficient (Wildman–Crippen LogP) is 2.51. The van der Waals surface area contributed by atoms with E-state index in [1.54, 1.807) is 11.3 Å². The normalized spacial score (nSPS) is 23.3. The highest BCUT2D eigenvalue weighted by atomic mass is 32.2. The molecule has 0 N–H and O–H groups in total. The van der Waals surface area contributed by atoms with Gasteiger partial charge in [0.05, 0.1) is 6.61 Å². The molecule has 4 heteroatoms. The van der Waals surface area contributed by atoms with Crippen molar-refractivity contribution in [2.45, 2.75) is 19.4 Å². The number of ether oxygens (including phenoxy) is 1. The van der Waals surface area contributed by atoms with Crippen molar-refractivity contribution in [3.8, 4) is 0 Å². The Labute approximate surface area is 86.7 Å². The quantitative estimate of drug-likeness (QED) is 0.757. The van der Waals surface area contributed by atoms with Gasteiger partial charge in [-0.3, -0.25) is 0 Å². The van der Waals surface area contributed by atoms with Crippen LogP contribution in [0.4, 0.5) is 0 Å². The average molecular weight is 215 g/mol. The molecule has 1 unspecified atom stereocenters. The van der Waals surface area contributed by atoms with Crippen molar-refractivity contribution in [2.24, 2.45) is 0 Å². The molecule has 1 aliphatic rings. The topological polar surface area (TPSA) is 22.1 Å². The lowest BCUT2D eigenvalue weighted by molar-refractivity contribution is 0.0755. The van der Waals surface area contributed by atoms with Gasteiger partial charge in [-0.1, -0.05) is 6.92 Å². The summed E-state index contributed by atoms with van der Waals surface area (Å²) in [5.41, 5.74) is 0. The minimum absolute atomic E-state index is 0.254. The van der Waals surface area contributed by atoms with Gasteiger partial charge in [0.2, 0.25) is 0 Å². The van der Waals surface area contributed by atoms with Gasteiger partial charge in [-0.25, -0.2) is 4.98 Å². The van der Waals surface area contributed by atoms with Crippen molar-refractivity contribution in [2.75, 3.05) is 18.1 Å². The Balaban J connectivity index is 2.05. The number of aromatic nitrogens is 1. The van der Waals surface area contributed by atoms with Crippen LogP contribution in [0.3, 0.4) is 0 Å². The summed E-state index contributed by atoms with van der Waals surface area (Å²) in [7, 11) is 0. The van der Waals surface area contributed by atoms with Gasteiger partial charge in [0, 0.05) is 22.6 Å². The van der Waals surface area contributed by atoms with Crippen LogP contribution in [0.25, 0.3) is 0 Å². The zero-order valence-electron chi connectivity index (χ0n) is 7.66. The number of rotatable bonds is 2. The Morgan fingerprint density at radius 3 is 3.23 bits per heavy atom. The van der Waals surface area contributed by atoms with Crippen molar-refractivity contribution in [1.29, 1.82) is 0 Å². The molecule has 1 atom stereocenters. The van der Waals surface area contributed by atoms with Crippen LogP contribution in [0.2, 0.25) is 0 Å². The smallest absolute Gasteiger partial charge is 0.123 e. The summed E-state index contributed by atoms with van der Waals surface area (Å²) >= 11 is 3.75. The standard InChI is InChI=1S/C9H13NOS2/c1-2-7-5-10-9(13-7)8-6-12-4-3-11-8/h5,8H,2-4,6H2,1H3. The molecule has 2 nitrogen and oxygen atoms in total. The van der Waals surface area contributed by atoms with Crippen LogP contribution in [0.1, 0.15) is 22.9 Å². The van der Waals surface area contributed by atoms with Crippen LogP contribution < -0.4 is 0 Å².